The Kier molecular flexibility index (Phi) is 10.6. The van der Waals surface area contributed by atoms with Crippen molar-refractivity contribution >= 4 is 11.6 Å². The van der Waals surface area contributed by atoms with Crippen molar-refractivity contribution in [2.45, 2.75) is 25.2 Å². The molecule has 0 unspecified atom stereocenters. The lowest BCUT2D eigenvalue weighted by Gasteiger charge is -2.20. The molecule has 170 valence electrons. The Morgan fingerprint density at radius 2 is 0.938 bits per heavy atom. The fraction of sp³-hybridized carbons (Fsp3) is 0.231. The molecule has 0 saturated heterocycles. The van der Waals surface area contributed by atoms with Crippen LogP contribution in [-0.4, -0.2) is 46.7 Å². The summed E-state index contributed by atoms with van der Waals surface area (Å²) in [5.41, 5.74) is -0.304. The monoisotopic (exact) mass is 438 g/mol. The van der Waals surface area contributed by atoms with Crippen LogP contribution in [0.15, 0.2) is 91.0 Å². The number of methoxy groups -OCH3 is 1. The van der Waals surface area contributed by atoms with Crippen molar-refractivity contribution in [1.82, 2.24) is 0 Å². The number of Topliss-reactive ketones (excluding diaryl/α,β-unsaturated/α-hetero) is 2. The first-order chi connectivity index (χ1) is 15.1. The van der Waals surface area contributed by atoms with Crippen LogP contribution in [0.2, 0.25) is 0 Å². The third-order valence-electron chi connectivity index (χ3n) is 4.12. The van der Waals surface area contributed by atoms with Crippen LogP contribution in [0.25, 0.3) is 0 Å². The number of carbonyl (C=O) groups excluding carboxylic acids is 2. The van der Waals surface area contributed by atoms with Gasteiger partial charge in [-0.2, -0.15) is 0 Å². The SMILES string of the molecule is CC(C)(O)C(=O)c1ccccc1.COC.O=C(c1ccccc1)C(O)(O)c1ccccc1. The molecule has 0 aromatic heterocycles. The highest BCUT2D eigenvalue weighted by molar-refractivity contribution is 6.02. The summed E-state index contributed by atoms with van der Waals surface area (Å²) in [6.07, 6.45) is 0. The van der Waals surface area contributed by atoms with Gasteiger partial charge in [0.2, 0.25) is 5.78 Å². The van der Waals surface area contributed by atoms with Crippen LogP contribution in [0.4, 0.5) is 0 Å². The highest BCUT2D eigenvalue weighted by Gasteiger charge is 2.35. The highest BCUT2D eigenvalue weighted by atomic mass is 16.5. The molecule has 0 fully saturated rings. The van der Waals surface area contributed by atoms with Gasteiger partial charge in [0.05, 0.1) is 0 Å². The maximum atomic E-state index is 12.0. The predicted octanol–water partition coefficient (Wildman–Crippen LogP) is 3.61. The molecule has 0 radical (unpaired) electrons. The molecule has 3 aromatic carbocycles. The lowest BCUT2D eigenvalue weighted by Crippen LogP contribution is -2.35. The van der Waals surface area contributed by atoms with Crippen LogP contribution >= 0.6 is 0 Å². The number of aliphatic hydroxyl groups is 3. The minimum Gasteiger partial charge on any atom is -0.388 e. The van der Waals surface area contributed by atoms with Gasteiger partial charge < -0.3 is 20.1 Å². The van der Waals surface area contributed by atoms with Gasteiger partial charge in [-0.25, -0.2) is 0 Å². The standard InChI is InChI=1S/C14H12O3.C10H12O2.C2H6O/c15-13(11-7-3-1-4-8-11)14(16,17)12-9-5-2-6-10-12;1-10(2,12)9(11)8-6-4-3-5-7-8;1-3-2/h1-10,16-17H;3-7,12H,1-2H3;1-2H3. The first-order valence-electron chi connectivity index (χ1n) is 9.88. The molecule has 0 heterocycles. The second-order valence-corrected chi connectivity index (χ2v) is 7.40. The Bertz CT molecular complexity index is 946. The molecule has 3 rings (SSSR count). The Morgan fingerprint density at radius 1 is 0.625 bits per heavy atom. The van der Waals surface area contributed by atoms with Gasteiger partial charge in [0.15, 0.2) is 5.78 Å². The molecule has 0 atom stereocenters. The van der Waals surface area contributed by atoms with Crippen LogP contribution in [0, 0.1) is 0 Å². The summed E-state index contributed by atoms with van der Waals surface area (Å²) in [4.78, 5) is 23.4. The third kappa shape index (κ3) is 8.17. The summed E-state index contributed by atoms with van der Waals surface area (Å²) in [5.74, 6) is -3.46. The van der Waals surface area contributed by atoms with Gasteiger partial charge in [-0.3, -0.25) is 9.59 Å². The van der Waals surface area contributed by atoms with Gasteiger partial charge in [-0.1, -0.05) is 91.0 Å². The number of rotatable bonds is 5. The van der Waals surface area contributed by atoms with E-state index in [1.54, 1.807) is 87.0 Å². The zero-order valence-electron chi connectivity index (χ0n) is 18.7. The fourth-order valence-electron chi connectivity index (χ4n) is 2.54. The van der Waals surface area contributed by atoms with E-state index in [2.05, 4.69) is 4.74 Å². The van der Waals surface area contributed by atoms with Crippen molar-refractivity contribution in [3.05, 3.63) is 108 Å². The van der Waals surface area contributed by atoms with Crippen molar-refractivity contribution in [2.75, 3.05) is 14.2 Å². The van der Waals surface area contributed by atoms with Crippen LogP contribution in [0.1, 0.15) is 40.1 Å². The topological polar surface area (TPSA) is 104 Å². The van der Waals surface area contributed by atoms with Gasteiger partial charge in [0, 0.05) is 30.9 Å². The van der Waals surface area contributed by atoms with Crippen LogP contribution < -0.4 is 0 Å². The van der Waals surface area contributed by atoms with Crippen LogP contribution in [0.5, 0.6) is 0 Å². The fourth-order valence-corrected chi connectivity index (χ4v) is 2.54. The van der Waals surface area contributed by atoms with Gasteiger partial charge in [0.1, 0.15) is 5.60 Å². The zero-order chi connectivity index (χ0) is 24.2. The molecule has 0 aliphatic carbocycles. The lowest BCUT2D eigenvalue weighted by atomic mass is 9.96. The number of ketones is 2. The second kappa shape index (κ2) is 12.6. The van der Waals surface area contributed by atoms with Gasteiger partial charge in [0.25, 0.3) is 5.79 Å². The molecule has 0 saturated carbocycles. The first-order valence-corrected chi connectivity index (χ1v) is 9.88. The number of hydrogen-bond acceptors (Lipinski definition) is 6. The van der Waals surface area contributed by atoms with Crippen molar-refractivity contribution in [3.8, 4) is 0 Å². The van der Waals surface area contributed by atoms with Crippen molar-refractivity contribution < 1.29 is 29.6 Å². The number of benzene rings is 3. The van der Waals surface area contributed by atoms with Crippen molar-refractivity contribution in [2.24, 2.45) is 0 Å². The quantitative estimate of drug-likeness (QED) is 0.415. The summed E-state index contributed by atoms with van der Waals surface area (Å²) in [7, 11) is 3.25. The second-order valence-electron chi connectivity index (χ2n) is 7.40. The largest absolute Gasteiger partial charge is 0.388 e. The van der Waals surface area contributed by atoms with Crippen LogP contribution in [-0.2, 0) is 10.5 Å². The molecule has 0 aliphatic rings. The average Bonchev–Trinajstić information content (AvgIpc) is 2.80. The molecule has 3 aromatic rings. The molecule has 6 nitrogen and oxygen atoms in total. The van der Waals surface area contributed by atoms with E-state index in [0.717, 1.165) is 0 Å². The summed E-state index contributed by atoms with van der Waals surface area (Å²) >= 11 is 0. The molecule has 32 heavy (non-hydrogen) atoms. The van der Waals surface area contributed by atoms with Crippen LogP contribution in [0.3, 0.4) is 0 Å². The lowest BCUT2D eigenvalue weighted by molar-refractivity contribution is -0.128. The molecule has 0 bridgehead atoms. The molecule has 0 spiro atoms. The summed E-state index contributed by atoms with van der Waals surface area (Å²) in [5, 5.41) is 29.2. The zero-order valence-corrected chi connectivity index (χ0v) is 18.7. The normalized spacial score (nSPS) is 10.7. The number of hydrogen-bond donors (Lipinski definition) is 3. The van der Waals surface area contributed by atoms with Crippen molar-refractivity contribution in [3.63, 3.8) is 0 Å². The molecule has 0 aliphatic heterocycles. The van der Waals surface area contributed by atoms with E-state index < -0.39 is 17.2 Å². The minimum absolute atomic E-state index is 0.161. The van der Waals surface area contributed by atoms with E-state index in [-0.39, 0.29) is 16.9 Å². The molecule has 6 heteroatoms. The Labute approximate surface area is 188 Å². The van der Waals surface area contributed by atoms with E-state index in [4.69, 9.17) is 0 Å². The maximum absolute atomic E-state index is 12.0. The van der Waals surface area contributed by atoms with E-state index >= 15 is 0 Å². The smallest absolute Gasteiger partial charge is 0.256 e. The molecular weight excluding hydrogens is 408 g/mol. The first kappa shape index (κ1) is 26.9. The number of carbonyl (C=O) groups is 2. The summed E-state index contributed by atoms with van der Waals surface area (Å²) < 4.78 is 4.25. The van der Waals surface area contributed by atoms with Gasteiger partial charge in [-0.15, -0.1) is 0 Å². The predicted molar refractivity (Wildman–Crippen MR) is 123 cm³/mol. The summed E-state index contributed by atoms with van der Waals surface area (Å²) in [6, 6.07) is 25.0. The maximum Gasteiger partial charge on any atom is 0.256 e. The van der Waals surface area contributed by atoms with E-state index in [1.165, 1.54) is 26.0 Å². The number of ether oxygens (including phenoxy) is 1. The Morgan fingerprint density at radius 3 is 1.28 bits per heavy atom. The summed E-state index contributed by atoms with van der Waals surface area (Å²) in [6.45, 7) is 2.98. The van der Waals surface area contributed by atoms with Gasteiger partial charge in [-0.05, 0) is 13.8 Å². The Hall–Kier alpha value is -3.16. The van der Waals surface area contributed by atoms with E-state index in [1.807, 2.05) is 6.07 Å². The van der Waals surface area contributed by atoms with Gasteiger partial charge >= 0.3 is 0 Å². The third-order valence-corrected chi connectivity index (χ3v) is 4.12. The molecular formula is C26H30O6. The molecule has 0 amide bonds. The van der Waals surface area contributed by atoms with E-state index in [9.17, 15) is 24.9 Å². The average molecular weight is 439 g/mol. The molecule has 3 N–H and O–H groups in total. The van der Waals surface area contributed by atoms with E-state index in [0.29, 0.717) is 5.56 Å². The Balaban J connectivity index is 0.000000299. The van der Waals surface area contributed by atoms with Crippen molar-refractivity contribution in [1.29, 1.82) is 0 Å². The highest BCUT2D eigenvalue weighted by Crippen LogP contribution is 2.22. The minimum atomic E-state index is -2.48.